The van der Waals surface area contributed by atoms with Gasteiger partial charge in [0.1, 0.15) is 0 Å². The summed E-state index contributed by atoms with van der Waals surface area (Å²) in [6.07, 6.45) is 0. The first kappa shape index (κ1) is 14.2. The van der Waals surface area contributed by atoms with E-state index < -0.39 is 15.7 Å². The van der Waals surface area contributed by atoms with Crippen LogP contribution in [0.4, 0.5) is 11.4 Å². The van der Waals surface area contributed by atoms with E-state index in [1.165, 1.54) is 12.1 Å². The van der Waals surface area contributed by atoms with Gasteiger partial charge in [-0.1, -0.05) is 12.1 Å². The highest BCUT2D eigenvalue weighted by atomic mass is 32.2. The van der Waals surface area contributed by atoms with Gasteiger partial charge in [0.2, 0.25) is 0 Å². The molecule has 6 heteroatoms. The van der Waals surface area contributed by atoms with Crippen LogP contribution in [0.3, 0.4) is 0 Å². The van der Waals surface area contributed by atoms with Gasteiger partial charge in [-0.2, -0.15) is 0 Å². The number of anilines is 1. The van der Waals surface area contributed by atoms with E-state index in [1.54, 1.807) is 30.3 Å². The molecule has 0 fully saturated rings. The second-order valence-electron chi connectivity index (χ2n) is 4.44. The van der Waals surface area contributed by atoms with Crippen molar-refractivity contribution in [2.75, 3.05) is 5.73 Å². The third kappa shape index (κ3) is 3.21. The molecule has 0 aliphatic rings. The lowest BCUT2D eigenvalue weighted by Crippen LogP contribution is -1.99. The zero-order valence-corrected chi connectivity index (χ0v) is 11.7. The predicted molar refractivity (Wildman–Crippen MR) is 78.8 cm³/mol. The van der Waals surface area contributed by atoms with Gasteiger partial charge >= 0.3 is 0 Å². The average molecular weight is 290 g/mol. The summed E-state index contributed by atoms with van der Waals surface area (Å²) in [5, 5.41) is 10.7. The summed E-state index contributed by atoms with van der Waals surface area (Å²) in [6, 6.07) is 11.4. The summed E-state index contributed by atoms with van der Waals surface area (Å²) in [7, 11) is -1.25. The topological polar surface area (TPSA) is 86.2 Å². The number of aryl methyl sites for hydroxylation is 1. The third-order valence-electron chi connectivity index (χ3n) is 2.92. The van der Waals surface area contributed by atoms with Crippen molar-refractivity contribution in [2.24, 2.45) is 0 Å². The smallest absolute Gasteiger partial charge is 0.269 e. The van der Waals surface area contributed by atoms with Crippen molar-refractivity contribution in [2.45, 2.75) is 17.6 Å². The number of nitrogens with two attached hydrogens (primary N) is 1. The maximum Gasteiger partial charge on any atom is 0.269 e. The molecule has 0 aromatic heterocycles. The molecule has 104 valence electrons. The number of non-ortho nitro benzene ring substituents is 1. The van der Waals surface area contributed by atoms with Gasteiger partial charge in [0.25, 0.3) is 5.69 Å². The second-order valence-corrected chi connectivity index (χ2v) is 5.89. The molecule has 0 amide bonds. The van der Waals surface area contributed by atoms with Crippen LogP contribution in [0.1, 0.15) is 11.1 Å². The fraction of sp³-hybridized carbons (Fsp3) is 0.143. The monoisotopic (exact) mass is 290 g/mol. The highest BCUT2D eigenvalue weighted by Crippen LogP contribution is 2.20. The van der Waals surface area contributed by atoms with Crippen molar-refractivity contribution >= 4 is 22.2 Å². The molecule has 0 saturated heterocycles. The average Bonchev–Trinajstić information content (AvgIpc) is 2.42. The zero-order valence-electron chi connectivity index (χ0n) is 10.9. The Kier molecular flexibility index (Phi) is 4.14. The molecule has 0 spiro atoms. The molecule has 2 N–H and O–H groups in total. The molecular formula is C14H14N2O3S. The molecule has 20 heavy (non-hydrogen) atoms. The molecule has 1 unspecified atom stereocenters. The molecule has 1 atom stereocenters. The van der Waals surface area contributed by atoms with Gasteiger partial charge in [0.15, 0.2) is 0 Å². The Morgan fingerprint density at radius 3 is 2.65 bits per heavy atom. The molecule has 0 bridgehead atoms. The quantitative estimate of drug-likeness (QED) is 0.533. The number of nitrogens with zero attached hydrogens (tertiary/aromatic N) is 1. The van der Waals surface area contributed by atoms with Crippen LogP contribution in [-0.4, -0.2) is 9.13 Å². The maximum absolute atomic E-state index is 12.3. The summed E-state index contributed by atoms with van der Waals surface area (Å²) in [6.45, 7) is 1.85. The lowest BCUT2D eigenvalue weighted by Gasteiger charge is -2.05. The Bertz CT molecular complexity index is 686. The van der Waals surface area contributed by atoms with E-state index in [0.717, 1.165) is 5.56 Å². The first-order valence-corrected chi connectivity index (χ1v) is 7.27. The van der Waals surface area contributed by atoms with Gasteiger partial charge in [-0.25, -0.2) is 0 Å². The zero-order chi connectivity index (χ0) is 14.7. The van der Waals surface area contributed by atoms with Crippen molar-refractivity contribution in [3.63, 3.8) is 0 Å². The van der Waals surface area contributed by atoms with Crippen molar-refractivity contribution in [1.29, 1.82) is 0 Å². The molecule has 2 rings (SSSR count). The summed E-state index contributed by atoms with van der Waals surface area (Å²) in [5.74, 6) is 0.241. The van der Waals surface area contributed by atoms with E-state index in [4.69, 9.17) is 5.73 Å². The van der Waals surface area contributed by atoms with Crippen LogP contribution in [0, 0.1) is 17.0 Å². The summed E-state index contributed by atoms with van der Waals surface area (Å²) in [4.78, 5) is 10.9. The Labute approximate surface area is 119 Å². The van der Waals surface area contributed by atoms with Crippen molar-refractivity contribution in [1.82, 2.24) is 0 Å². The molecule has 0 aliphatic carbocycles. The van der Waals surface area contributed by atoms with E-state index in [2.05, 4.69) is 0 Å². The SMILES string of the molecule is Cc1cc(S(=O)Cc2cccc([N+](=O)[O-])c2)ccc1N. The van der Waals surface area contributed by atoms with Gasteiger partial charge in [0, 0.05) is 22.7 Å². The van der Waals surface area contributed by atoms with Crippen LogP contribution >= 0.6 is 0 Å². The fourth-order valence-corrected chi connectivity index (χ4v) is 2.96. The van der Waals surface area contributed by atoms with E-state index in [0.29, 0.717) is 16.1 Å². The minimum Gasteiger partial charge on any atom is -0.399 e. The molecule has 0 aliphatic heterocycles. The van der Waals surface area contributed by atoms with E-state index in [1.807, 2.05) is 6.92 Å². The van der Waals surface area contributed by atoms with Crippen molar-refractivity contribution in [3.05, 3.63) is 63.7 Å². The number of hydrogen-bond donors (Lipinski definition) is 1. The van der Waals surface area contributed by atoms with Crippen LogP contribution in [0.2, 0.25) is 0 Å². The molecular weight excluding hydrogens is 276 g/mol. The summed E-state index contributed by atoms with van der Waals surface area (Å²) >= 11 is 0. The molecule has 0 saturated carbocycles. The largest absolute Gasteiger partial charge is 0.399 e. The lowest BCUT2D eigenvalue weighted by atomic mass is 10.2. The Hall–Kier alpha value is -2.21. The van der Waals surface area contributed by atoms with Crippen molar-refractivity contribution < 1.29 is 9.13 Å². The second kappa shape index (κ2) is 5.83. The Morgan fingerprint density at radius 2 is 2.00 bits per heavy atom. The standard InChI is InChI=1S/C14H14N2O3S/c1-10-7-13(5-6-14(10)15)20(19)9-11-3-2-4-12(8-11)16(17)18/h2-8H,9,15H2,1H3. The van der Waals surface area contributed by atoms with Crippen LogP contribution in [0.15, 0.2) is 47.4 Å². The highest BCUT2D eigenvalue weighted by Gasteiger charge is 2.10. The van der Waals surface area contributed by atoms with Gasteiger partial charge in [-0.05, 0) is 36.2 Å². The number of nitrogen functional groups attached to an aromatic ring is 1. The number of benzene rings is 2. The van der Waals surface area contributed by atoms with E-state index in [-0.39, 0.29) is 11.4 Å². The molecule has 2 aromatic rings. The van der Waals surface area contributed by atoms with E-state index in [9.17, 15) is 14.3 Å². The summed E-state index contributed by atoms with van der Waals surface area (Å²) < 4.78 is 12.3. The third-order valence-corrected chi connectivity index (χ3v) is 4.30. The normalized spacial score (nSPS) is 12.1. The van der Waals surface area contributed by atoms with Gasteiger partial charge in [-0.3, -0.25) is 14.3 Å². The van der Waals surface area contributed by atoms with Crippen LogP contribution in [0.25, 0.3) is 0 Å². The molecule has 5 nitrogen and oxygen atoms in total. The molecule has 2 aromatic carbocycles. The Balaban J connectivity index is 2.21. The fourth-order valence-electron chi connectivity index (χ4n) is 1.78. The lowest BCUT2D eigenvalue weighted by molar-refractivity contribution is -0.384. The van der Waals surface area contributed by atoms with Crippen molar-refractivity contribution in [3.8, 4) is 0 Å². The minimum atomic E-state index is -1.25. The predicted octanol–water partition coefficient (Wildman–Crippen LogP) is 2.79. The first-order chi connectivity index (χ1) is 9.47. The Morgan fingerprint density at radius 1 is 1.25 bits per heavy atom. The van der Waals surface area contributed by atoms with Crippen LogP contribution < -0.4 is 5.73 Å². The number of hydrogen-bond acceptors (Lipinski definition) is 4. The van der Waals surface area contributed by atoms with Crippen LogP contribution in [0.5, 0.6) is 0 Å². The maximum atomic E-state index is 12.3. The van der Waals surface area contributed by atoms with Gasteiger partial charge in [-0.15, -0.1) is 0 Å². The highest BCUT2D eigenvalue weighted by molar-refractivity contribution is 7.84. The van der Waals surface area contributed by atoms with Crippen LogP contribution in [-0.2, 0) is 16.6 Å². The van der Waals surface area contributed by atoms with Gasteiger partial charge < -0.3 is 5.73 Å². The summed E-state index contributed by atoms with van der Waals surface area (Å²) in [5.41, 5.74) is 7.93. The van der Waals surface area contributed by atoms with Gasteiger partial charge in [0.05, 0.1) is 21.5 Å². The minimum absolute atomic E-state index is 0.00740. The first-order valence-electron chi connectivity index (χ1n) is 5.95. The molecule has 0 radical (unpaired) electrons. The molecule has 0 heterocycles. The van der Waals surface area contributed by atoms with E-state index >= 15 is 0 Å². The number of rotatable bonds is 4. The number of nitro benzene ring substituents is 1. The number of nitro groups is 1.